The van der Waals surface area contributed by atoms with Gasteiger partial charge >= 0.3 is 0 Å². The zero-order chi connectivity index (χ0) is 94.0. The van der Waals surface area contributed by atoms with Crippen LogP contribution in [0.2, 0.25) is 0 Å². The first kappa shape index (κ1) is 79.5. The van der Waals surface area contributed by atoms with E-state index in [0.717, 1.165) is 247 Å². The van der Waals surface area contributed by atoms with E-state index in [1.54, 1.807) is 0 Å². The predicted molar refractivity (Wildman–Crippen MR) is 594 cm³/mol. The predicted octanol–water partition coefficient (Wildman–Crippen LogP) is 34.5. The summed E-state index contributed by atoms with van der Waals surface area (Å²) < 4.78 is 24.1. The highest BCUT2D eigenvalue weighted by molar-refractivity contribution is 6.26. The van der Waals surface area contributed by atoms with Crippen molar-refractivity contribution in [3.63, 3.8) is 0 Å². The number of hydrogen-bond donors (Lipinski definition) is 0. The maximum absolute atomic E-state index is 7.40. The van der Waals surface area contributed by atoms with Crippen LogP contribution in [-0.2, 0) is 0 Å². The number of furan rings is 2. The van der Waals surface area contributed by atoms with Crippen LogP contribution in [0, 0.1) is 0 Å². The van der Waals surface area contributed by atoms with Gasteiger partial charge < -0.3 is 27.1 Å². The second kappa shape index (κ2) is 31.0. The molecule has 8 heterocycles. The molecule has 666 valence electrons. The third-order valence-corrected chi connectivity index (χ3v) is 29.9. The first-order valence-corrected chi connectivity index (χ1v) is 48.8. The third-order valence-electron chi connectivity index (χ3n) is 29.9. The van der Waals surface area contributed by atoms with Crippen molar-refractivity contribution >= 4 is 196 Å². The molecule has 23 aromatic carbocycles. The van der Waals surface area contributed by atoms with E-state index in [1.807, 2.05) is 6.07 Å². The van der Waals surface area contributed by atoms with Gasteiger partial charge in [-0.2, -0.15) is 0 Å². The van der Waals surface area contributed by atoms with Crippen molar-refractivity contribution in [1.82, 2.24) is 48.2 Å². The Morgan fingerprint density at radius 1 is 0.146 bits per heavy atom. The fourth-order valence-corrected chi connectivity index (χ4v) is 23.2. The molecule has 0 N–H and O–H groups in total. The maximum atomic E-state index is 7.40. The van der Waals surface area contributed by atoms with Gasteiger partial charge in [-0.25, -0.2) is 29.9 Å². The van der Waals surface area contributed by atoms with Crippen LogP contribution in [-0.4, -0.2) is 48.2 Å². The minimum Gasteiger partial charge on any atom is -0.455 e. The topological polar surface area (TPSA) is 123 Å². The van der Waals surface area contributed by atoms with Crippen LogP contribution in [0.3, 0.4) is 0 Å². The Balaban J connectivity index is 0.537. The summed E-state index contributed by atoms with van der Waals surface area (Å²) in [5, 5.41) is 26.6. The van der Waals surface area contributed by atoms with Gasteiger partial charge in [0, 0.05) is 115 Å². The molecule has 0 amide bonds. The normalized spacial score (nSPS) is 12.2. The zero-order valence-electron chi connectivity index (χ0n) is 77.2. The number of para-hydroxylation sites is 5. The van der Waals surface area contributed by atoms with E-state index in [-0.39, 0.29) is 0 Å². The van der Waals surface area contributed by atoms with Crippen molar-refractivity contribution in [3.05, 3.63) is 461 Å². The molecule has 12 heteroatoms. The Labute approximate surface area is 821 Å². The minimum atomic E-state index is 0.477. The van der Waals surface area contributed by atoms with Gasteiger partial charge in [-0.1, -0.05) is 328 Å². The molecular formula is C132H76N10O2. The molecule has 0 atom stereocenters. The number of fused-ring (bicyclic) bond motifs is 26. The second-order valence-electron chi connectivity index (χ2n) is 38.0. The summed E-state index contributed by atoms with van der Waals surface area (Å²) >= 11 is 0. The van der Waals surface area contributed by atoms with Gasteiger partial charge in [-0.05, 0) is 215 Å². The van der Waals surface area contributed by atoms with E-state index in [1.165, 1.54) is 16.2 Å². The van der Waals surface area contributed by atoms with Crippen molar-refractivity contribution in [2.75, 3.05) is 0 Å². The van der Waals surface area contributed by atoms with Crippen LogP contribution < -0.4 is 0 Å². The van der Waals surface area contributed by atoms with Crippen molar-refractivity contribution in [2.24, 2.45) is 0 Å². The molecule has 12 nitrogen and oxygen atoms in total. The Morgan fingerprint density at radius 2 is 0.507 bits per heavy atom. The molecule has 31 aromatic rings. The van der Waals surface area contributed by atoms with Crippen molar-refractivity contribution < 1.29 is 8.83 Å². The van der Waals surface area contributed by atoms with E-state index >= 15 is 0 Å². The van der Waals surface area contributed by atoms with Gasteiger partial charge in [0.15, 0.2) is 34.9 Å². The van der Waals surface area contributed by atoms with Gasteiger partial charge in [0.1, 0.15) is 22.3 Å². The van der Waals surface area contributed by atoms with Gasteiger partial charge in [0.05, 0.1) is 55.3 Å². The Kier molecular flexibility index (Phi) is 17.1. The summed E-state index contributed by atoms with van der Waals surface area (Å²) in [7, 11) is 0. The van der Waals surface area contributed by atoms with E-state index in [2.05, 4.69) is 473 Å². The lowest BCUT2D eigenvalue weighted by molar-refractivity contribution is 0.669. The van der Waals surface area contributed by atoms with Crippen LogP contribution >= 0.6 is 0 Å². The summed E-state index contributed by atoms with van der Waals surface area (Å²) in [6.45, 7) is 0. The minimum absolute atomic E-state index is 0.477. The van der Waals surface area contributed by atoms with Crippen LogP contribution in [0.15, 0.2) is 470 Å². The fourth-order valence-electron chi connectivity index (χ4n) is 23.2. The maximum Gasteiger partial charge on any atom is 0.167 e. The summed E-state index contributed by atoms with van der Waals surface area (Å²) in [6, 6.07) is 166. The van der Waals surface area contributed by atoms with Crippen molar-refractivity contribution in [3.8, 4) is 113 Å². The summed E-state index contributed by atoms with van der Waals surface area (Å²) in [4.78, 5) is 33.7. The summed E-state index contributed by atoms with van der Waals surface area (Å²) in [6.07, 6.45) is 0. The molecule has 0 saturated heterocycles. The first-order valence-electron chi connectivity index (χ1n) is 48.8. The fraction of sp³-hybridized carbons (Fsp3) is 0. The number of rotatable bonds is 12. The second-order valence-corrected chi connectivity index (χ2v) is 38.0. The average Bonchev–Trinajstić information content (AvgIpc) is 1.56. The third kappa shape index (κ3) is 12.3. The molecule has 0 fully saturated rings. The van der Waals surface area contributed by atoms with E-state index in [0.29, 0.717) is 46.1 Å². The van der Waals surface area contributed by atoms with E-state index in [4.69, 9.17) is 38.7 Å². The molecule has 0 saturated carbocycles. The highest BCUT2D eigenvalue weighted by Crippen LogP contribution is 2.50. The molecule has 0 bridgehead atoms. The highest BCUT2D eigenvalue weighted by atomic mass is 16.3. The molecule has 0 spiro atoms. The molecule has 144 heavy (non-hydrogen) atoms. The summed E-state index contributed by atoms with van der Waals surface area (Å²) in [5.74, 6) is 3.10. The van der Waals surface area contributed by atoms with E-state index in [9.17, 15) is 0 Å². The molecule has 0 aliphatic carbocycles. The quantitative estimate of drug-likeness (QED) is 0.118. The largest absolute Gasteiger partial charge is 0.455 e. The van der Waals surface area contributed by atoms with Crippen molar-refractivity contribution in [1.29, 1.82) is 0 Å². The Bertz CT molecular complexity index is 10900. The van der Waals surface area contributed by atoms with Crippen molar-refractivity contribution in [2.45, 2.75) is 0 Å². The first-order chi connectivity index (χ1) is 71.3. The Morgan fingerprint density at radius 3 is 1.10 bits per heavy atom. The number of aromatic nitrogens is 10. The smallest absolute Gasteiger partial charge is 0.167 e. The summed E-state index contributed by atoms with van der Waals surface area (Å²) in [5.41, 5.74) is 24.8. The number of benzene rings is 23. The lowest BCUT2D eigenvalue weighted by Crippen LogP contribution is -2.02. The number of nitrogens with zero attached hydrogens (tertiary/aromatic N) is 10. The van der Waals surface area contributed by atoms with Gasteiger partial charge in [0.25, 0.3) is 0 Å². The lowest BCUT2D eigenvalue weighted by Gasteiger charge is -2.14. The molecular weight excluding hydrogens is 1760 g/mol. The molecule has 0 unspecified atom stereocenters. The standard InChI is InChI=1S/C132H76N10O2/c1-3-32-93(33-4-1)139-114-43-20-17-39-100(114)102-60-57-90(71-117(102)139)128-133-127(134-131(136-128)113-76-96(74-110-105-62-56-82-26-13-16-38-99(82)124(105)144-126(110)113)142-119-68-86-29-9-7-27-84(86)65-107(119)108-66-85-28-8-10-30-87(85)69-120(108)142)83-52-50-78(51-53-83)77-46-48-79(49-47-77)88-54-55-89-70-121-111(67-92(89)64-88)123-98-37-15-12-25-81(98)59-63-116(123)141(121)95-73-109-104-41-19-22-45-122(104)143-125(109)112(75-95)132-137-129(135-130(138-132)106-42-23-31-80-24-11-14-36-97(80)106)91-58-61-103-101-40-18-21-44-115(101)140(118(103)72-91)94-34-5-2-6-35-94/h1-76H. The highest BCUT2D eigenvalue weighted by Gasteiger charge is 2.29. The van der Waals surface area contributed by atoms with Gasteiger partial charge in [-0.3, -0.25) is 0 Å². The van der Waals surface area contributed by atoms with Crippen LogP contribution in [0.5, 0.6) is 0 Å². The zero-order valence-corrected chi connectivity index (χ0v) is 77.2. The van der Waals surface area contributed by atoms with Gasteiger partial charge in [0.2, 0.25) is 0 Å². The SMILES string of the molecule is c1ccc(-n2c3ccccc3c3ccc(-c4nc(-c5cccc6ccccc56)nc(-c5cc(-n6c7cc8ccc(-c9ccc(-c%10ccc(-c%11nc(-c%12ccc%13c%14ccccc%14n(-c%14ccccc%14)c%13c%12)nc(-c%12cc(-n%13c%14cc%15ccccc%15cc%14c%14cc%15ccccc%15cc%14%13)cc%13c%12oc%12c%14ccccc%14ccc%13%12)n%11)cc%10)cc9)cc8cc7c7c8ccccc8ccc76)cc6c5oc5ccccc56)n4)cc32)cc1. The lowest BCUT2D eigenvalue weighted by atomic mass is 9.96. The molecule has 0 aliphatic heterocycles. The molecule has 8 aromatic heterocycles. The monoisotopic (exact) mass is 1830 g/mol. The van der Waals surface area contributed by atoms with E-state index < -0.39 is 0 Å². The van der Waals surface area contributed by atoms with Crippen LogP contribution in [0.4, 0.5) is 0 Å². The molecule has 0 aliphatic rings. The van der Waals surface area contributed by atoms with Crippen LogP contribution in [0.25, 0.3) is 309 Å². The van der Waals surface area contributed by atoms with Gasteiger partial charge in [-0.15, -0.1) is 0 Å². The Hall–Kier alpha value is -19.6. The van der Waals surface area contributed by atoms with Crippen LogP contribution in [0.1, 0.15) is 0 Å². The molecule has 31 rings (SSSR count). The average molecular weight is 1830 g/mol. The number of hydrogen-bond acceptors (Lipinski definition) is 8. The molecule has 0 radical (unpaired) electrons.